The van der Waals surface area contributed by atoms with Gasteiger partial charge in [-0.05, 0) is 72.7 Å². The van der Waals surface area contributed by atoms with E-state index in [0.717, 1.165) is 4.70 Å². The third-order valence-corrected chi connectivity index (χ3v) is 8.66. The molecule has 0 aliphatic heterocycles. The van der Waals surface area contributed by atoms with E-state index >= 15 is 0 Å². The van der Waals surface area contributed by atoms with Crippen LogP contribution in [0.5, 0.6) is 0 Å². The summed E-state index contributed by atoms with van der Waals surface area (Å²) in [5, 5.41) is 9.96. The summed E-state index contributed by atoms with van der Waals surface area (Å²) in [4.78, 5) is 0. The summed E-state index contributed by atoms with van der Waals surface area (Å²) in [6.45, 7) is 0. The lowest BCUT2D eigenvalue weighted by atomic mass is 9.85. The molecule has 0 N–H and O–H groups in total. The number of fused-ring (bicyclic) bond motifs is 6. The number of rotatable bonds is 2. The van der Waals surface area contributed by atoms with E-state index < -0.39 is 0 Å². The van der Waals surface area contributed by atoms with E-state index in [-0.39, 0.29) is 0 Å². The van der Waals surface area contributed by atoms with Crippen molar-refractivity contribution in [3.05, 3.63) is 133 Å². The quantitative estimate of drug-likeness (QED) is 0.213. The highest BCUT2D eigenvalue weighted by Crippen LogP contribution is 2.45. The zero-order chi connectivity index (χ0) is 25.2. The second-order valence-electron chi connectivity index (χ2n) is 9.63. The van der Waals surface area contributed by atoms with Crippen LogP contribution in [0.4, 0.5) is 0 Å². The van der Waals surface area contributed by atoms with Crippen LogP contribution in [-0.4, -0.2) is 0 Å². The Kier molecular flexibility index (Phi) is 4.27. The summed E-state index contributed by atoms with van der Waals surface area (Å²) < 4.78 is 10.7. The fraction of sp³-hybridized carbons (Fsp3) is 0. The van der Waals surface area contributed by atoms with Gasteiger partial charge in [0.15, 0.2) is 0 Å². The minimum atomic E-state index is 0.598. The standard InChI is InChI=1S/C36H22S/c1-2-10-24-21-25(18-17-23(24)9-1)35-29-12-3-5-14-31(29)36(32-15-6-4-13-30(32)35)26-19-20-28-27-11-7-8-16-33(27)37-34(28)22-26/h1-22H/i16D. The van der Waals surface area contributed by atoms with Gasteiger partial charge in [0.25, 0.3) is 0 Å². The Labute approximate surface area is 220 Å². The molecule has 1 heteroatoms. The minimum Gasteiger partial charge on any atom is -0.135 e. The number of hydrogen-bond acceptors (Lipinski definition) is 1. The van der Waals surface area contributed by atoms with Gasteiger partial charge in [-0.3, -0.25) is 0 Å². The lowest BCUT2D eigenvalue weighted by Crippen LogP contribution is -1.90. The van der Waals surface area contributed by atoms with Gasteiger partial charge >= 0.3 is 0 Å². The first-order chi connectivity index (χ1) is 18.8. The Morgan fingerprint density at radius 1 is 0.405 bits per heavy atom. The average Bonchev–Trinajstić information content (AvgIpc) is 3.35. The average molecular weight is 488 g/mol. The molecule has 0 aliphatic carbocycles. The first-order valence-corrected chi connectivity index (χ1v) is 13.4. The van der Waals surface area contributed by atoms with Crippen molar-refractivity contribution in [2.24, 2.45) is 0 Å². The summed E-state index contributed by atoms with van der Waals surface area (Å²) in [5.41, 5.74) is 5.01. The molecule has 0 saturated carbocycles. The van der Waals surface area contributed by atoms with Crippen molar-refractivity contribution < 1.29 is 1.37 Å². The summed E-state index contributed by atoms with van der Waals surface area (Å²) in [5.74, 6) is 0. The Balaban J connectivity index is 1.46. The molecule has 8 rings (SSSR count). The maximum atomic E-state index is 8.40. The fourth-order valence-corrected chi connectivity index (χ4v) is 7.02. The van der Waals surface area contributed by atoms with Crippen LogP contribution in [0.15, 0.2) is 133 Å². The SMILES string of the molecule is [2H]c1cccc2c1sc1cc(-c3c4ccccc4c(-c4ccc5ccccc5c4)c4ccccc34)ccc12. The van der Waals surface area contributed by atoms with Gasteiger partial charge in [-0.1, -0.05) is 115 Å². The van der Waals surface area contributed by atoms with Gasteiger partial charge in [-0.2, -0.15) is 0 Å². The van der Waals surface area contributed by atoms with E-state index in [0.29, 0.717) is 6.04 Å². The maximum absolute atomic E-state index is 8.40. The van der Waals surface area contributed by atoms with E-state index in [1.807, 2.05) is 12.1 Å². The molecule has 0 atom stereocenters. The van der Waals surface area contributed by atoms with E-state index in [1.165, 1.54) is 70.0 Å². The highest BCUT2D eigenvalue weighted by molar-refractivity contribution is 7.25. The summed E-state index contributed by atoms with van der Waals surface area (Å²) in [6.07, 6.45) is 0. The van der Waals surface area contributed by atoms with Gasteiger partial charge in [0, 0.05) is 20.2 Å². The predicted molar refractivity (Wildman–Crippen MR) is 163 cm³/mol. The van der Waals surface area contributed by atoms with Crippen LogP contribution in [0.25, 0.3) is 74.7 Å². The Bertz CT molecular complexity index is 2150. The molecule has 0 saturated heterocycles. The van der Waals surface area contributed by atoms with Crippen molar-refractivity contribution in [3.63, 3.8) is 0 Å². The molecular formula is C36H22S. The van der Waals surface area contributed by atoms with Crippen molar-refractivity contribution in [2.45, 2.75) is 0 Å². The van der Waals surface area contributed by atoms with Crippen molar-refractivity contribution >= 4 is 63.8 Å². The third kappa shape index (κ3) is 3.15. The molecule has 172 valence electrons. The Hall–Kier alpha value is -4.46. The molecule has 0 radical (unpaired) electrons. The molecule has 0 amide bonds. The first kappa shape index (κ1) is 19.7. The molecule has 0 nitrogen and oxygen atoms in total. The Morgan fingerprint density at radius 3 is 1.62 bits per heavy atom. The third-order valence-electron chi connectivity index (χ3n) is 7.56. The summed E-state index contributed by atoms with van der Waals surface area (Å²) in [6, 6.07) is 46.5. The molecule has 0 aliphatic rings. The highest BCUT2D eigenvalue weighted by atomic mass is 32.1. The molecule has 0 unspecified atom stereocenters. The van der Waals surface area contributed by atoms with Crippen LogP contribution in [0.1, 0.15) is 1.37 Å². The van der Waals surface area contributed by atoms with Crippen LogP contribution in [0.2, 0.25) is 0 Å². The van der Waals surface area contributed by atoms with Crippen molar-refractivity contribution in [1.29, 1.82) is 0 Å². The van der Waals surface area contributed by atoms with Gasteiger partial charge in [-0.15, -0.1) is 11.3 Å². The smallest absolute Gasteiger partial charge is 0.0638 e. The molecule has 1 heterocycles. The second-order valence-corrected chi connectivity index (χ2v) is 10.7. The van der Waals surface area contributed by atoms with E-state index in [9.17, 15) is 0 Å². The second kappa shape index (κ2) is 8.03. The van der Waals surface area contributed by atoms with Crippen molar-refractivity contribution in [2.75, 3.05) is 0 Å². The first-order valence-electron chi connectivity index (χ1n) is 13.1. The lowest BCUT2D eigenvalue weighted by molar-refractivity contribution is 1.69. The van der Waals surface area contributed by atoms with Gasteiger partial charge < -0.3 is 0 Å². The van der Waals surface area contributed by atoms with E-state index in [2.05, 4.69) is 115 Å². The fourth-order valence-electron chi connectivity index (χ4n) is 5.91. The molecule has 8 aromatic rings. The normalized spacial score (nSPS) is 12.2. The summed E-state index contributed by atoms with van der Waals surface area (Å²) in [7, 11) is 0. The minimum absolute atomic E-state index is 0.598. The molecule has 0 fully saturated rings. The van der Waals surface area contributed by atoms with Crippen molar-refractivity contribution in [1.82, 2.24) is 0 Å². The Morgan fingerprint density at radius 2 is 0.919 bits per heavy atom. The molecule has 0 spiro atoms. The van der Waals surface area contributed by atoms with Crippen molar-refractivity contribution in [3.8, 4) is 22.3 Å². The van der Waals surface area contributed by atoms with Gasteiger partial charge in [0.1, 0.15) is 0 Å². The number of benzene rings is 7. The highest BCUT2D eigenvalue weighted by Gasteiger charge is 2.17. The van der Waals surface area contributed by atoms with Crippen LogP contribution in [0.3, 0.4) is 0 Å². The zero-order valence-electron chi connectivity index (χ0n) is 21.0. The predicted octanol–water partition coefficient (Wildman–Crippen LogP) is 10.8. The lowest BCUT2D eigenvalue weighted by Gasteiger charge is -2.18. The molecule has 7 aromatic carbocycles. The summed E-state index contributed by atoms with van der Waals surface area (Å²) >= 11 is 1.72. The number of hydrogen-bond donors (Lipinski definition) is 0. The van der Waals surface area contributed by atoms with Gasteiger partial charge in [0.2, 0.25) is 0 Å². The van der Waals surface area contributed by atoms with Crippen LogP contribution >= 0.6 is 11.3 Å². The van der Waals surface area contributed by atoms with E-state index in [1.54, 1.807) is 11.3 Å². The molecule has 1 aromatic heterocycles. The molecular weight excluding hydrogens is 464 g/mol. The molecule has 0 bridgehead atoms. The monoisotopic (exact) mass is 487 g/mol. The largest absolute Gasteiger partial charge is 0.135 e. The van der Waals surface area contributed by atoms with Crippen LogP contribution in [0, 0.1) is 0 Å². The van der Waals surface area contributed by atoms with E-state index in [4.69, 9.17) is 1.37 Å². The van der Waals surface area contributed by atoms with Crippen LogP contribution in [-0.2, 0) is 0 Å². The maximum Gasteiger partial charge on any atom is 0.0638 e. The van der Waals surface area contributed by atoms with Gasteiger partial charge in [0.05, 0.1) is 1.37 Å². The van der Waals surface area contributed by atoms with Crippen LogP contribution < -0.4 is 0 Å². The number of thiophene rings is 1. The van der Waals surface area contributed by atoms with Gasteiger partial charge in [-0.25, -0.2) is 0 Å². The zero-order valence-corrected chi connectivity index (χ0v) is 20.8. The topological polar surface area (TPSA) is 0 Å². The molecule has 37 heavy (non-hydrogen) atoms.